The molecule has 1 saturated carbocycles. The van der Waals surface area contributed by atoms with Crippen LogP contribution in [-0.4, -0.2) is 27.8 Å². The van der Waals surface area contributed by atoms with Crippen molar-refractivity contribution in [1.29, 1.82) is 0 Å². The van der Waals surface area contributed by atoms with E-state index >= 15 is 0 Å². The second-order valence-electron chi connectivity index (χ2n) is 6.44. The third-order valence-electron chi connectivity index (χ3n) is 4.77. The summed E-state index contributed by atoms with van der Waals surface area (Å²) in [4.78, 5) is 3.91. The molecule has 24 heavy (non-hydrogen) atoms. The molecule has 1 aliphatic rings. The van der Waals surface area contributed by atoms with Crippen molar-refractivity contribution in [2.45, 2.75) is 44.9 Å². The van der Waals surface area contributed by atoms with Crippen LogP contribution in [0.25, 0.3) is 11.3 Å². The third-order valence-corrected chi connectivity index (χ3v) is 4.77. The van der Waals surface area contributed by atoms with E-state index < -0.39 is 6.23 Å². The van der Waals surface area contributed by atoms with Gasteiger partial charge >= 0.3 is 0 Å². The zero-order chi connectivity index (χ0) is 17.3. The fourth-order valence-electron chi connectivity index (χ4n) is 3.43. The number of rotatable bonds is 6. The van der Waals surface area contributed by atoms with Crippen molar-refractivity contribution in [3.63, 3.8) is 0 Å². The van der Waals surface area contributed by atoms with Gasteiger partial charge in [-0.3, -0.25) is 0 Å². The summed E-state index contributed by atoms with van der Waals surface area (Å²) >= 11 is 0. The minimum absolute atomic E-state index is 0.272. The third kappa shape index (κ3) is 3.25. The maximum Gasteiger partial charge on any atom is 0.150 e. The van der Waals surface area contributed by atoms with Crippen LogP contribution in [0.3, 0.4) is 0 Å². The highest BCUT2D eigenvalue weighted by Gasteiger charge is 2.31. The molecule has 128 valence electrons. The van der Waals surface area contributed by atoms with Gasteiger partial charge in [-0.15, -0.1) is 0 Å². The van der Waals surface area contributed by atoms with Crippen LogP contribution in [-0.2, 0) is 6.54 Å². The van der Waals surface area contributed by atoms with Crippen LogP contribution in [0.1, 0.15) is 37.7 Å². The number of hydrogen-bond donors (Lipinski definition) is 2. The number of benzene rings is 1. The van der Waals surface area contributed by atoms with E-state index in [2.05, 4.69) is 16.8 Å². The van der Waals surface area contributed by atoms with Crippen LogP contribution in [0.2, 0.25) is 0 Å². The average molecular weight is 330 g/mol. The molecule has 3 N–H and O–H groups in total. The van der Waals surface area contributed by atoms with Crippen molar-refractivity contribution in [2.75, 3.05) is 0 Å². The largest absolute Gasteiger partial charge is 0.379 e. The Labute approximate surface area is 141 Å². The molecule has 0 bridgehead atoms. The standard InChI is InChI=1S/C18H23FN4O/c1-3-23-18(21-2)10-16(22-23)14-5-4-12(9-15(14)19)13-6-11(7-13)8-17(20)24/h4-5,9-11,13,17,24H,2-3,6-8,20H2,1H3. The maximum absolute atomic E-state index is 14.6. The van der Waals surface area contributed by atoms with E-state index in [1.807, 2.05) is 13.0 Å². The minimum Gasteiger partial charge on any atom is -0.379 e. The number of aliphatic hydroxyl groups is 1. The molecule has 1 fully saturated rings. The molecule has 1 aromatic heterocycles. The minimum atomic E-state index is -0.753. The van der Waals surface area contributed by atoms with Gasteiger partial charge in [-0.2, -0.15) is 5.10 Å². The van der Waals surface area contributed by atoms with E-state index in [1.54, 1.807) is 22.9 Å². The molecule has 6 heteroatoms. The molecular formula is C18H23FN4O. The van der Waals surface area contributed by atoms with Gasteiger partial charge in [0.05, 0.1) is 5.69 Å². The molecule has 0 saturated heterocycles. The Morgan fingerprint density at radius 1 is 1.46 bits per heavy atom. The predicted molar refractivity (Wildman–Crippen MR) is 92.8 cm³/mol. The number of nitrogens with two attached hydrogens (primary N) is 1. The van der Waals surface area contributed by atoms with Crippen molar-refractivity contribution in [2.24, 2.45) is 16.6 Å². The smallest absolute Gasteiger partial charge is 0.150 e. The van der Waals surface area contributed by atoms with Gasteiger partial charge in [-0.1, -0.05) is 6.07 Å². The molecule has 2 aromatic rings. The molecule has 0 radical (unpaired) electrons. The summed E-state index contributed by atoms with van der Waals surface area (Å²) in [5.74, 6) is 1.14. The van der Waals surface area contributed by atoms with Crippen LogP contribution >= 0.6 is 0 Å². The van der Waals surface area contributed by atoms with Crippen molar-refractivity contribution in [3.8, 4) is 11.3 Å². The summed E-state index contributed by atoms with van der Waals surface area (Å²) in [5.41, 5.74) is 7.45. The number of aryl methyl sites for hydroxylation is 1. The monoisotopic (exact) mass is 330 g/mol. The van der Waals surface area contributed by atoms with Gasteiger partial charge in [0, 0.05) is 18.2 Å². The Balaban J connectivity index is 1.76. The Morgan fingerprint density at radius 3 is 2.75 bits per heavy atom. The molecule has 5 nitrogen and oxygen atoms in total. The van der Waals surface area contributed by atoms with E-state index in [1.165, 1.54) is 0 Å². The lowest BCUT2D eigenvalue weighted by Crippen LogP contribution is -2.30. The fourth-order valence-corrected chi connectivity index (χ4v) is 3.43. The number of aliphatic hydroxyl groups excluding tert-OH is 1. The lowest BCUT2D eigenvalue weighted by molar-refractivity contribution is 0.113. The van der Waals surface area contributed by atoms with Gasteiger partial charge in [0.1, 0.15) is 17.9 Å². The Morgan fingerprint density at radius 2 is 2.21 bits per heavy atom. The fraction of sp³-hybridized carbons (Fsp3) is 0.444. The van der Waals surface area contributed by atoms with Crippen LogP contribution in [0.5, 0.6) is 0 Å². The van der Waals surface area contributed by atoms with Gasteiger partial charge in [0.25, 0.3) is 0 Å². The van der Waals surface area contributed by atoms with Gasteiger partial charge in [0.15, 0.2) is 0 Å². The lowest BCUT2D eigenvalue weighted by Gasteiger charge is -2.36. The molecule has 1 unspecified atom stereocenters. The second-order valence-corrected chi connectivity index (χ2v) is 6.44. The van der Waals surface area contributed by atoms with Crippen molar-refractivity contribution in [1.82, 2.24) is 9.78 Å². The van der Waals surface area contributed by atoms with Crippen molar-refractivity contribution in [3.05, 3.63) is 35.6 Å². The molecule has 0 aliphatic heterocycles. The summed E-state index contributed by atoms with van der Waals surface area (Å²) in [6, 6.07) is 7.09. The topological polar surface area (TPSA) is 76.4 Å². The van der Waals surface area contributed by atoms with E-state index in [0.717, 1.165) is 18.4 Å². The Hall–Kier alpha value is -2.05. The summed E-state index contributed by atoms with van der Waals surface area (Å²) in [6.07, 6.45) is 1.75. The van der Waals surface area contributed by atoms with Crippen molar-refractivity contribution >= 4 is 12.5 Å². The molecule has 0 spiro atoms. The highest BCUT2D eigenvalue weighted by Crippen LogP contribution is 2.44. The van der Waals surface area contributed by atoms with E-state index in [-0.39, 0.29) is 5.82 Å². The first-order valence-corrected chi connectivity index (χ1v) is 8.29. The molecule has 0 amide bonds. The van der Waals surface area contributed by atoms with Crippen LogP contribution in [0, 0.1) is 11.7 Å². The molecule has 1 heterocycles. The number of aromatic nitrogens is 2. The zero-order valence-electron chi connectivity index (χ0n) is 13.8. The quantitative estimate of drug-likeness (QED) is 0.631. The summed E-state index contributed by atoms with van der Waals surface area (Å²) in [6.45, 7) is 6.13. The molecule has 3 rings (SSSR count). The number of hydrogen-bond acceptors (Lipinski definition) is 4. The lowest BCUT2D eigenvalue weighted by atomic mass is 9.70. The first kappa shape index (κ1) is 16.8. The Bertz CT molecular complexity index is 735. The summed E-state index contributed by atoms with van der Waals surface area (Å²) in [7, 11) is 0. The Kier molecular flexibility index (Phi) is 4.78. The van der Waals surface area contributed by atoms with Crippen molar-refractivity contribution < 1.29 is 9.50 Å². The zero-order valence-corrected chi connectivity index (χ0v) is 13.8. The average Bonchev–Trinajstić information content (AvgIpc) is 2.93. The predicted octanol–water partition coefficient (Wildman–Crippen LogP) is 3.20. The SMILES string of the molecule is C=Nc1cc(-c2ccc(C3CC(CC(N)O)C3)cc2F)nn1CC. The van der Waals surface area contributed by atoms with Gasteiger partial charge in [-0.25, -0.2) is 14.1 Å². The van der Waals surface area contributed by atoms with E-state index in [0.29, 0.717) is 41.9 Å². The van der Waals surface area contributed by atoms with Crippen LogP contribution in [0.15, 0.2) is 29.3 Å². The highest BCUT2D eigenvalue weighted by atomic mass is 19.1. The maximum atomic E-state index is 14.6. The summed E-state index contributed by atoms with van der Waals surface area (Å²) in [5, 5.41) is 13.6. The summed E-state index contributed by atoms with van der Waals surface area (Å²) < 4.78 is 16.3. The molecular weight excluding hydrogens is 307 g/mol. The van der Waals surface area contributed by atoms with Gasteiger partial charge in [0.2, 0.25) is 0 Å². The van der Waals surface area contributed by atoms with Crippen LogP contribution in [0.4, 0.5) is 10.2 Å². The second kappa shape index (κ2) is 6.83. The van der Waals surface area contributed by atoms with E-state index in [9.17, 15) is 9.50 Å². The van der Waals surface area contributed by atoms with E-state index in [4.69, 9.17) is 5.73 Å². The van der Waals surface area contributed by atoms with Gasteiger partial charge in [-0.05, 0) is 62.4 Å². The molecule has 1 aromatic carbocycles. The van der Waals surface area contributed by atoms with Gasteiger partial charge < -0.3 is 10.8 Å². The number of nitrogens with zero attached hydrogens (tertiary/aromatic N) is 3. The number of halogens is 1. The van der Waals surface area contributed by atoms with Crippen LogP contribution < -0.4 is 5.73 Å². The highest BCUT2D eigenvalue weighted by molar-refractivity contribution is 5.64. The molecule has 1 atom stereocenters. The molecule has 1 aliphatic carbocycles. The first-order chi connectivity index (χ1) is 11.5. The number of aliphatic imine (C=N–C) groups is 1. The normalized spacial score (nSPS) is 21.3. The first-order valence-electron chi connectivity index (χ1n) is 8.29.